The molecular weight excluding hydrogens is 176 g/mol. The normalized spacial score (nSPS) is 10.1. The summed E-state index contributed by atoms with van der Waals surface area (Å²) >= 11 is 0. The van der Waals surface area contributed by atoms with Gasteiger partial charge >= 0.3 is 0 Å². The van der Waals surface area contributed by atoms with Gasteiger partial charge in [-0.3, -0.25) is 4.98 Å². The SMILES string of the molecule is CNc1cc(C)nn1-c1ccncc1. The summed E-state index contributed by atoms with van der Waals surface area (Å²) in [6.45, 7) is 1.97. The zero-order valence-electron chi connectivity index (χ0n) is 8.23. The highest BCUT2D eigenvalue weighted by molar-refractivity contribution is 5.44. The smallest absolute Gasteiger partial charge is 0.129 e. The van der Waals surface area contributed by atoms with Crippen molar-refractivity contribution in [1.29, 1.82) is 0 Å². The lowest BCUT2D eigenvalue weighted by molar-refractivity contribution is 0.865. The maximum Gasteiger partial charge on any atom is 0.129 e. The molecule has 0 saturated heterocycles. The standard InChI is InChI=1S/C10H12N4/c1-8-7-10(11-2)14(13-8)9-3-5-12-6-4-9/h3-7,11H,1-2H3. The van der Waals surface area contributed by atoms with Crippen molar-refractivity contribution in [3.63, 3.8) is 0 Å². The number of aryl methyl sites for hydroxylation is 1. The van der Waals surface area contributed by atoms with Crippen LogP contribution in [0.2, 0.25) is 0 Å². The van der Waals surface area contributed by atoms with Gasteiger partial charge in [-0.15, -0.1) is 0 Å². The van der Waals surface area contributed by atoms with E-state index in [1.807, 2.05) is 36.9 Å². The second kappa shape index (κ2) is 3.49. The second-order valence-electron chi connectivity index (χ2n) is 3.04. The van der Waals surface area contributed by atoms with Crippen LogP contribution in [0.4, 0.5) is 5.82 Å². The Hall–Kier alpha value is -1.84. The monoisotopic (exact) mass is 188 g/mol. The average molecular weight is 188 g/mol. The first kappa shape index (κ1) is 8.74. The summed E-state index contributed by atoms with van der Waals surface area (Å²) in [6.07, 6.45) is 3.51. The molecule has 0 aliphatic rings. The maximum atomic E-state index is 4.38. The third-order valence-electron chi connectivity index (χ3n) is 1.99. The molecule has 0 fully saturated rings. The van der Waals surface area contributed by atoms with E-state index in [4.69, 9.17) is 0 Å². The van der Waals surface area contributed by atoms with E-state index in [1.165, 1.54) is 0 Å². The van der Waals surface area contributed by atoms with E-state index < -0.39 is 0 Å². The quantitative estimate of drug-likeness (QED) is 0.778. The van der Waals surface area contributed by atoms with Crippen LogP contribution in [0, 0.1) is 6.92 Å². The first-order valence-electron chi connectivity index (χ1n) is 4.46. The van der Waals surface area contributed by atoms with Gasteiger partial charge < -0.3 is 5.32 Å². The van der Waals surface area contributed by atoms with Gasteiger partial charge in [0.25, 0.3) is 0 Å². The predicted octanol–water partition coefficient (Wildman–Crippen LogP) is 1.62. The molecule has 2 aromatic heterocycles. The Balaban J connectivity index is 2.51. The minimum absolute atomic E-state index is 0.980. The minimum atomic E-state index is 0.980. The molecule has 0 bridgehead atoms. The fourth-order valence-electron chi connectivity index (χ4n) is 1.36. The summed E-state index contributed by atoms with van der Waals surface area (Å²) in [5.74, 6) is 0.980. The fraction of sp³-hybridized carbons (Fsp3) is 0.200. The van der Waals surface area contributed by atoms with Crippen molar-refractivity contribution in [1.82, 2.24) is 14.8 Å². The molecule has 0 radical (unpaired) electrons. The van der Waals surface area contributed by atoms with Crippen LogP contribution in [-0.2, 0) is 0 Å². The Morgan fingerprint density at radius 1 is 1.29 bits per heavy atom. The van der Waals surface area contributed by atoms with Gasteiger partial charge in [-0.05, 0) is 19.1 Å². The van der Waals surface area contributed by atoms with E-state index in [9.17, 15) is 0 Å². The van der Waals surface area contributed by atoms with Crippen molar-refractivity contribution in [3.05, 3.63) is 36.3 Å². The molecule has 2 rings (SSSR count). The molecule has 0 aliphatic carbocycles. The number of hydrogen-bond acceptors (Lipinski definition) is 3. The topological polar surface area (TPSA) is 42.7 Å². The van der Waals surface area contributed by atoms with Gasteiger partial charge in [0.2, 0.25) is 0 Å². The van der Waals surface area contributed by atoms with Crippen LogP contribution >= 0.6 is 0 Å². The molecule has 72 valence electrons. The van der Waals surface area contributed by atoms with Crippen LogP contribution in [0.1, 0.15) is 5.69 Å². The van der Waals surface area contributed by atoms with E-state index in [1.54, 1.807) is 12.4 Å². The third kappa shape index (κ3) is 1.46. The van der Waals surface area contributed by atoms with Gasteiger partial charge in [0.1, 0.15) is 5.82 Å². The molecule has 1 N–H and O–H groups in total. The van der Waals surface area contributed by atoms with E-state index in [2.05, 4.69) is 15.4 Å². The molecule has 0 aromatic carbocycles. The van der Waals surface area contributed by atoms with Crippen molar-refractivity contribution in [3.8, 4) is 5.69 Å². The lowest BCUT2D eigenvalue weighted by atomic mass is 10.4. The summed E-state index contributed by atoms with van der Waals surface area (Å²) in [6, 6.07) is 5.85. The molecule has 14 heavy (non-hydrogen) atoms. The Morgan fingerprint density at radius 2 is 2.00 bits per heavy atom. The Labute approximate surface area is 82.6 Å². The molecular formula is C10H12N4. The summed E-state index contributed by atoms with van der Waals surface area (Å²) in [4.78, 5) is 3.97. The van der Waals surface area contributed by atoms with Crippen LogP contribution in [0.25, 0.3) is 5.69 Å². The minimum Gasteiger partial charge on any atom is -0.373 e. The largest absolute Gasteiger partial charge is 0.373 e. The van der Waals surface area contributed by atoms with E-state index in [-0.39, 0.29) is 0 Å². The van der Waals surface area contributed by atoms with Crippen LogP contribution in [0.3, 0.4) is 0 Å². The zero-order chi connectivity index (χ0) is 9.97. The van der Waals surface area contributed by atoms with Gasteiger partial charge in [0.05, 0.1) is 11.4 Å². The van der Waals surface area contributed by atoms with Gasteiger partial charge in [0, 0.05) is 25.5 Å². The second-order valence-corrected chi connectivity index (χ2v) is 3.04. The zero-order valence-corrected chi connectivity index (χ0v) is 8.23. The van der Waals surface area contributed by atoms with E-state index >= 15 is 0 Å². The summed E-state index contributed by atoms with van der Waals surface area (Å²) in [5.41, 5.74) is 2.00. The fourth-order valence-corrected chi connectivity index (χ4v) is 1.36. The van der Waals surface area contributed by atoms with Crippen molar-refractivity contribution in [2.75, 3.05) is 12.4 Å². The summed E-state index contributed by atoms with van der Waals surface area (Å²) < 4.78 is 1.86. The van der Waals surface area contributed by atoms with E-state index in [0.29, 0.717) is 0 Å². The van der Waals surface area contributed by atoms with Crippen LogP contribution in [0.15, 0.2) is 30.6 Å². The van der Waals surface area contributed by atoms with Crippen molar-refractivity contribution in [2.24, 2.45) is 0 Å². The van der Waals surface area contributed by atoms with Crippen molar-refractivity contribution in [2.45, 2.75) is 6.92 Å². The van der Waals surface area contributed by atoms with E-state index in [0.717, 1.165) is 17.2 Å². The summed E-state index contributed by atoms with van der Waals surface area (Å²) in [7, 11) is 1.88. The number of anilines is 1. The molecule has 0 spiro atoms. The number of rotatable bonds is 2. The van der Waals surface area contributed by atoms with Crippen molar-refractivity contribution >= 4 is 5.82 Å². The third-order valence-corrected chi connectivity index (χ3v) is 1.99. The van der Waals surface area contributed by atoms with Gasteiger partial charge in [-0.25, -0.2) is 4.68 Å². The van der Waals surface area contributed by atoms with Crippen LogP contribution < -0.4 is 5.32 Å². The van der Waals surface area contributed by atoms with Crippen LogP contribution in [0.5, 0.6) is 0 Å². The first-order valence-corrected chi connectivity index (χ1v) is 4.46. The molecule has 2 heterocycles. The van der Waals surface area contributed by atoms with Gasteiger partial charge in [-0.1, -0.05) is 0 Å². The molecule has 2 aromatic rings. The number of nitrogens with zero attached hydrogens (tertiary/aromatic N) is 3. The van der Waals surface area contributed by atoms with Crippen LogP contribution in [-0.4, -0.2) is 21.8 Å². The number of aromatic nitrogens is 3. The molecule has 0 amide bonds. The Morgan fingerprint density at radius 3 is 2.64 bits per heavy atom. The highest BCUT2D eigenvalue weighted by Crippen LogP contribution is 2.15. The Kier molecular flexibility index (Phi) is 2.18. The lowest BCUT2D eigenvalue weighted by Crippen LogP contribution is -2.01. The molecule has 4 heteroatoms. The predicted molar refractivity (Wildman–Crippen MR) is 55.6 cm³/mol. The Bertz CT molecular complexity index is 419. The molecule has 0 aliphatic heterocycles. The summed E-state index contributed by atoms with van der Waals surface area (Å²) in [5, 5.41) is 7.47. The van der Waals surface area contributed by atoms with Gasteiger partial charge in [0.15, 0.2) is 0 Å². The highest BCUT2D eigenvalue weighted by Gasteiger charge is 2.04. The van der Waals surface area contributed by atoms with Gasteiger partial charge in [-0.2, -0.15) is 5.10 Å². The number of nitrogens with one attached hydrogen (secondary N) is 1. The number of hydrogen-bond donors (Lipinski definition) is 1. The first-order chi connectivity index (χ1) is 6.81. The van der Waals surface area contributed by atoms with Crippen molar-refractivity contribution < 1.29 is 0 Å². The molecule has 0 saturated carbocycles. The average Bonchev–Trinajstić information content (AvgIpc) is 2.61. The molecule has 0 atom stereocenters. The lowest BCUT2D eigenvalue weighted by Gasteiger charge is -2.05. The maximum absolute atomic E-state index is 4.38. The molecule has 4 nitrogen and oxygen atoms in total. The highest BCUT2D eigenvalue weighted by atomic mass is 15.3. The molecule has 0 unspecified atom stereocenters. The number of pyridine rings is 1.